The zero-order chi connectivity index (χ0) is 22.1. The van der Waals surface area contributed by atoms with Gasteiger partial charge in [0, 0.05) is 22.7 Å². The normalized spacial score (nSPS) is 11.0. The molecule has 0 spiro atoms. The fourth-order valence-corrected chi connectivity index (χ4v) is 4.45. The van der Waals surface area contributed by atoms with Gasteiger partial charge < -0.3 is 4.57 Å². The minimum atomic E-state index is -0.421. The Balaban J connectivity index is 1.47. The van der Waals surface area contributed by atoms with Crippen LogP contribution in [0, 0.1) is 13.8 Å². The molecule has 0 bridgehead atoms. The van der Waals surface area contributed by atoms with Crippen LogP contribution < -0.4 is 10.9 Å². The molecule has 2 amide bonds. The number of aromatic nitrogens is 3. The van der Waals surface area contributed by atoms with Crippen LogP contribution >= 0.6 is 22.9 Å². The van der Waals surface area contributed by atoms with Gasteiger partial charge in [0.15, 0.2) is 0 Å². The molecule has 0 atom stereocenters. The first-order valence-corrected chi connectivity index (χ1v) is 10.9. The minimum absolute atomic E-state index is 0.413. The number of nitrogens with zero attached hydrogens (tertiary/aromatic N) is 3. The molecular weight excluding hydrogens is 434 g/mol. The van der Waals surface area contributed by atoms with Gasteiger partial charge in [0.2, 0.25) is 0 Å². The summed E-state index contributed by atoms with van der Waals surface area (Å²) in [7, 11) is 0. The maximum Gasteiger partial charge on any atom is 0.281 e. The molecule has 31 heavy (non-hydrogen) atoms. The summed E-state index contributed by atoms with van der Waals surface area (Å²) in [6, 6.07) is 12.5. The Morgan fingerprint density at radius 3 is 2.45 bits per heavy atom. The lowest BCUT2D eigenvalue weighted by Gasteiger charge is -2.07. The zero-order valence-electron chi connectivity index (χ0n) is 17.2. The molecule has 4 rings (SSSR count). The van der Waals surface area contributed by atoms with E-state index in [1.807, 2.05) is 32.0 Å². The molecule has 0 fully saturated rings. The van der Waals surface area contributed by atoms with Crippen LogP contribution in [0.25, 0.3) is 21.6 Å². The van der Waals surface area contributed by atoms with E-state index in [4.69, 9.17) is 11.6 Å². The fourth-order valence-electron chi connectivity index (χ4n) is 3.36. The van der Waals surface area contributed by atoms with E-state index in [0.717, 1.165) is 29.0 Å². The molecule has 0 saturated carbocycles. The molecule has 2 aromatic heterocycles. The number of fused-ring (bicyclic) bond motifs is 1. The van der Waals surface area contributed by atoms with Gasteiger partial charge in [0.25, 0.3) is 11.8 Å². The Morgan fingerprint density at radius 2 is 1.74 bits per heavy atom. The van der Waals surface area contributed by atoms with E-state index in [1.54, 1.807) is 31.2 Å². The molecule has 158 valence electrons. The maximum atomic E-state index is 12.6. The number of benzene rings is 2. The van der Waals surface area contributed by atoms with Gasteiger partial charge in [-0.15, -0.1) is 11.3 Å². The van der Waals surface area contributed by atoms with E-state index in [0.29, 0.717) is 26.2 Å². The smallest absolute Gasteiger partial charge is 0.281 e. The molecule has 0 unspecified atom stereocenters. The highest BCUT2D eigenvalue weighted by molar-refractivity contribution is 7.17. The number of carbonyl (C=O) groups is 2. The van der Waals surface area contributed by atoms with Crippen molar-refractivity contribution in [1.82, 2.24) is 25.4 Å². The fraction of sp³-hybridized carbons (Fsp3) is 0.182. The third-order valence-electron chi connectivity index (χ3n) is 4.90. The summed E-state index contributed by atoms with van der Waals surface area (Å²) in [5.74, 6) is 0.0512. The predicted octanol–water partition coefficient (Wildman–Crippen LogP) is 4.52. The number of thiazole rings is 1. The monoisotopic (exact) mass is 453 g/mol. The second kappa shape index (κ2) is 8.49. The standard InChI is InChI=1S/C22H20ClN5O2S/c1-4-28-13(3)25-17-11-15(7-10-18(17)28)20(29)26-27-21(30)19-12(2)24-22(31-19)14-5-8-16(23)9-6-14/h5-11H,4H2,1-3H3,(H,26,29)(H,27,30). The Bertz CT molecular complexity index is 1290. The summed E-state index contributed by atoms with van der Waals surface area (Å²) in [5, 5.41) is 1.34. The zero-order valence-corrected chi connectivity index (χ0v) is 18.8. The SMILES string of the molecule is CCn1c(C)nc2cc(C(=O)NNC(=O)c3sc(-c4ccc(Cl)cc4)nc3C)ccc21. The van der Waals surface area contributed by atoms with Gasteiger partial charge in [-0.25, -0.2) is 9.97 Å². The Hall–Kier alpha value is -3.23. The number of amides is 2. The number of carbonyl (C=O) groups excluding carboxylic acids is 2. The molecule has 0 aliphatic heterocycles. The van der Waals surface area contributed by atoms with E-state index in [-0.39, 0.29) is 0 Å². The molecule has 9 heteroatoms. The average Bonchev–Trinajstić information content (AvgIpc) is 3.30. The lowest BCUT2D eigenvalue weighted by molar-refractivity contribution is 0.0848. The summed E-state index contributed by atoms with van der Waals surface area (Å²) < 4.78 is 2.07. The van der Waals surface area contributed by atoms with Crippen molar-refractivity contribution in [2.45, 2.75) is 27.3 Å². The molecule has 2 aromatic carbocycles. The van der Waals surface area contributed by atoms with Gasteiger partial charge in [0.1, 0.15) is 15.7 Å². The van der Waals surface area contributed by atoms with E-state index in [9.17, 15) is 9.59 Å². The third kappa shape index (κ3) is 4.17. The highest BCUT2D eigenvalue weighted by atomic mass is 35.5. The number of hydrazine groups is 1. The van der Waals surface area contributed by atoms with E-state index in [1.165, 1.54) is 11.3 Å². The summed E-state index contributed by atoms with van der Waals surface area (Å²) in [4.78, 5) is 34.5. The van der Waals surface area contributed by atoms with Crippen LogP contribution in [0.3, 0.4) is 0 Å². The van der Waals surface area contributed by atoms with Gasteiger partial charge in [0.05, 0.1) is 16.7 Å². The van der Waals surface area contributed by atoms with Crippen molar-refractivity contribution < 1.29 is 9.59 Å². The van der Waals surface area contributed by atoms with Crippen LogP contribution in [-0.4, -0.2) is 26.3 Å². The molecule has 0 aliphatic rings. The second-order valence-electron chi connectivity index (χ2n) is 6.96. The Labute approximate surface area is 188 Å². The van der Waals surface area contributed by atoms with Crippen LogP contribution in [0.1, 0.15) is 38.5 Å². The molecule has 2 N–H and O–H groups in total. The average molecular weight is 454 g/mol. The third-order valence-corrected chi connectivity index (χ3v) is 6.36. The number of rotatable bonds is 4. The van der Waals surface area contributed by atoms with Gasteiger partial charge in [-0.05, 0) is 51.1 Å². The molecule has 7 nitrogen and oxygen atoms in total. The molecule has 4 aromatic rings. The number of halogens is 1. The number of imidazole rings is 1. The predicted molar refractivity (Wildman–Crippen MR) is 122 cm³/mol. The van der Waals surface area contributed by atoms with Crippen molar-refractivity contribution in [2.75, 3.05) is 0 Å². The highest BCUT2D eigenvalue weighted by Crippen LogP contribution is 2.28. The molecular formula is C22H20ClN5O2S. The number of hydrogen-bond donors (Lipinski definition) is 2. The van der Waals surface area contributed by atoms with Crippen LogP contribution in [0.5, 0.6) is 0 Å². The summed E-state index contributed by atoms with van der Waals surface area (Å²) >= 11 is 7.18. The van der Waals surface area contributed by atoms with Crippen LogP contribution in [0.2, 0.25) is 5.02 Å². The van der Waals surface area contributed by atoms with Crippen molar-refractivity contribution in [2.24, 2.45) is 0 Å². The van der Waals surface area contributed by atoms with Crippen molar-refractivity contribution >= 4 is 45.8 Å². The number of nitrogens with one attached hydrogen (secondary N) is 2. The van der Waals surface area contributed by atoms with E-state index < -0.39 is 11.8 Å². The Kier molecular flexibility index (Phi) is 5.75. The quantitative estimate of drug-likeness (QED) is 0.444. The first-order valence-electron chi connectivity index (χ1n) is 9.68. The largest absolute Gasteiger partial charge is 0.329 e. The van der Waals surface area contributed by atoms with Crippen LogP contribution in [0.4, 0.5) is 0 Å². The van der Waals surface area contributed by atoms with E-state index in [2.05, 4.69) is 25.4 Å². The summed E-state index contributed by atoms with van der Waals surface area (Å²) in [6.07, 6.45) is 0. The molecule has 0 radical (unpaired) electrons. The van der Waals surface area contributed by atoms with Crippen molar-refractivity contribution in [3.8, 4) is 10.6 Å². The van der Waals surface area contributed by atoms with Gasteiger partial charge in [-0.3, -0.25) is 20.4 Å². The molecule has 0 aliphatic carbocycles. The first kappa shape index (κ1) is 21.0. The maximum absolute atomic E-state index is 12.6. The Morgan fingerprint density at radius 1 is 1.03 bits per heavy atom. The number of hydrogen-bond acceptors (Lipinski definition) is 5. The topological polar surface area (TPSA) is 88.9 Å². The van der Waals surface area contributed by atoms with Crippen molar-refractivity contribution in [3.63, 3.8) is 0 Å². The lowest BCUT2D eigenvalue weighted by atomic mass is 10.2. The lowest BCUT2D eigenvalue weighted by Crippen LogP contribution is -2.41. The number of aryl methyl sites for hydroxylation is 3. The van der Waals surface area contributed by atoms with E-state index >= 15 is 0 Å². The first-order chi connectivity index (χ1) is 14.9. The summed E-state index contributed by atoms with van der Waals surface area (Å²) in [5.41, 5.74) is 8.52. The van der Waals surface area contributed by atoms with Gasteiger partial charge >= 0.3 is 0 Å². The van der Waals surface area contributed by atoms with Gasteiger partial charge in [-0.1, -0.05) is 23.7 Å². The van der Waals surface area contributed by atoms with Crippen LogP contribution in [0.15, 0.2) is 42.5 Å². The minimum Gasteiger partial charge on any atom is -0.329 e. The summed E-state index contributed by atoms with van der Waals surface area (Å²) in [6.45, 7) is 6.53. The molecule has 2 heterocycles. The highest BCUT2D eigenvalue weighted by Gasteiger charge is 2.18. The molecule has 0 saturated heterocycles. The van der Waals surface area contributed by atoms with Gasteiger partial charge in [-0.2, -0.15) is 0 Å². The second-order valence-corrected chi connectivity index (χ2v) is 8.39. The van der Waals surface area contributed by atoms with Crippen molar-refractivity contribution in [1.29, 1.82) is 0 Å². The van der Waals surface area contributed by atoms with Crippen LogP contribution in [-0.2, 0) is 6.54 Å². The van der Waals surface area contributed by atoms with Crippen molar-refractivity contribution in [3.05, 3.63) is 69.4 Å².